The Hall–Kier alpha value is -1.06. The molecule has 0 atom stereocenters. The molecule has 0 N–H and O–H groups in total. The molecule has 0 saturated heterocycles. The van der Waals surface area contributed by atoms with Crippen LogP contribution in [0.15, 0.2) is 29.6 Å². The number of hydrogen-bond donors (Lipinski definition) is 0. The molecule has 0 bridgehead atoms. The summed E-state index contributed by atoms with van der Waals surface area (Å²) in [6.45, 7) is 2.50. The number of nitrogens with zero attached hydrogens (tertiary/aromatic N) is 1. The molecule has 2 rings (SSSR count). The molecule has 0 fully saturated rings. The van der Waals surface area contributed by atoms with Crippen molar-refractivity contribution in [3.63, 3.8) is 0 Å². The lowest BCUT2D eigenvalue weighted by Crippen LogP contribution is -1.95. The van der Waals surface area contributed by atoms with Crippen LogP contribution in [-0.2, 0) is 12.5 Å². The van der Waals surface area contributed by atoms with Gasteiger partial charge >= 0.3 is 0 Å². The van der Waals surface area contributed by atoms with Gasteiger partial charge in [0, 0.05) is 17.0 Å². The lowest BCUT2D eigenvalue weighted by atomic mass is 10.2. The Bertz CT molecular complexity index is 470. The zero-order valence-corrected chi connectivity index (χ0v) is 10.5. The summed E-state index contributed by atoms with van der Waals surface area (Å²) in [6.07, 6.45) is 0. The van der Waals surface area contributed by atoms with Gasteiger partial charge in [-0.25, -0.2) is 4.98 Å². The van der Waals surface area contributed by atoms with Crippen LogP contribution < -0.4 is 4.74 Å². The van der Waals surface area contributed by atoms with E-state index < -0.39 is 0 Å². The summed E-state index contributed by atoms with van der Waals surface area (Å²) < 4.78 is 5.64. The number of alkyl halides is 1. The fourth-order valence-corrected chi connectivity index (χ4v) is 2.18. The monoisotopic (exact) mass is 253 g/mol. The van der Waals surface area contributed by atoms with E-state index >= 15 is 0 Å². The molecule has 0 aliphatic rings. The highest BCUT2D eigenvalue weighted by Gasteiger charge is 2.00. The van der Waals surface area contributed by atoms with Crippen molar-refractivity contribution in [1.29, 1.82) is 0 Å². The van der Waals surface area contributed by atoms with Crippen molar-refractivity contribution in [2.24, 2.45) is 0 Å². The number of aromatic nitrogens is 1. The Morgan fingerprint density at radius 2 is 2.31 bits per heavy atom. The van der Waals surface area contributed by atoms with Gasteiger partial charge in [0.1, 0.15) is 17.4 Å². The van der Waals surface area contributed by atoms with Gasteiger partial charge in [0.2, 0.25) is 0 Å². The average Bonchev–Trinajstić information content (AvgIpc) is 2.73. The molecule has 0 amide bonds. The van der Waals surface area contributed by atoms with Crippen LogP contribution in [0.5, 0.6) is 5.75 Å². The molecule has 0 aliphatic heterocycles. The number of thiazole rings is 1. The van der Waals surface area contributed by atoms with Crippen LogP contribution in [0.1, 0.15) is 16.3 Å². The molecule has 1 aromatic carbocycles. The van der Waals surface area contributed by atoms with Crippen molar-refractivity contribution in [3.8, 4) is 5.75 Å². The summed E-state index contributed by atoms with van der Waals surface area (Å²) in [5, 5.41) is 3.02. The fourth-order valence-electron chi connectivity index (χ4n) is 1.33. The summed E-state index contributed by atoms with van der Waals surface area (Å²) in [5.41, 5.74) is 2.10. The molecule has 0 saturated carbocycles. The maximum Gasteiger partial charge on any atom is 0.140 e. The summed E-state index contributed by atoms with van der Waals surface area (Å²) in [6, 6.07) is 7.80. The molecular weight excluding hydrogens is 242 g/mol. The summed E-state index contributed by atoms with van der Waals surface area (Å²) in [7, 11) is 0. The number of hydrogen-bond acceptors (Lipinski definition) is 3. The highest BCUT2D eigenvalue weighted by Crippen LogP contribution is 2.17. The second kappa shape index (κ2) is 5.32. The molecule has 0 radical (unpaired) electrons. The van der Waals surface area contributed by atoms with Crippen LogP contribution in [0.4, 0.5) is 0 Å². The maximum absolute atomic E-state index is 5.75. The number of halogens is 1. The molecule has 2 aromatic rings. The van der Waals surface area contributed by atoms with Gasteiger partial charge in [0.25, 0.3) is 0 Å². The van der Waals surface area contributed by atoms with E-state index in [0.717, 1.165) is 22.0 Å². The van der Waals surface area contributed by atoms with E-state index in [1.165, 1.54) is 0 Å². The van der Waals surface area contributed by atoms with Gasteiger partial charge in [-0.2, -0.15) is 0 Å². The second-order valence-corrected chi connectivity index (χ2v) is 4.66. The predicted octanol–water partition coefficient (Wildman–Crippen LogP) is 3.77. The molecular formula is C12H12ClNOS. The molecule has 0 aliphatic carbocycles. The SMILES string of the molecule is Cc1csc(COc2cccc(CCl)c2)n1. The second-order valence-electron chi connectivity index (χ2n) is 3.45. The maximum atomic E-state index is 5.75. The van der Waals surface area contributed by atoms with Crippen molar-refractivity contribution in [2.45, 2.75) is 19.4 Å². The minimum Gasteiger partial charge on any atom is -0.486 e. The summed E-state index contributed by atoms with van der Waals surface area (Å²) in [5.74, 6) is 1.35. The van der Waals surface area contributed by atoms with Gasteiger partial charge in [-0.15, -0.1) is 22.9 Å². The summed E-state index contributed by atoms with van der Waals surface area (Å²) >= 11 is 7.37. The minimum atomic E-state index is 0.508. The lowest BCUT2D eigenvalue weighted by Gasteiger charge is -2.04. The van der Waals surface area contributed by atoms with Crippen LogP contribution in [0.2, 0.25) is 0 Å². The van der Waals surface area contributed by atoms with Gasteiger partial charge < -0.3 is 4.74 Å². The number of ether oxygens (including phenoxy) is 1. The van der Waals surface area contributed by atoms with Crippen LogP contribution in [-0.4, -0.2) is 4.98 Å². The van der Waals surface area contributed by atoms with E-state index in [2.05, 4.69) is 4.98 Å². The Morgan fingerprint density at radius 1 is 1.44 bits per heavy atom. The molecule has 4 heteroatoms. The normalized spacial score (nSPS) is 10.4. The predicted molar refractivity (Wildman–Crippen MR) is 67.2 cm³/mol. The highest BCUT2D eigenvalue weighted by molar-refractivity contribution is 7.09. The van der Waals surface area contributed by atoms with Crippen molar-refractivity contribution >= 4 is 22.9 Å². The quantitative estimate of drug-likeness (QED) is 0.774. The Morgan fingerprint density at radius 3 is 3.00 bits per heavy atom. The first-order valence-electron chi connectivity index (χ1n) is 4.96. The van der Waals surface area contributed by atoms with Gasteiger partial charge in [-0.1, -0.05) is 12.1 Å². The molecule has 1 aromatic heterocycles. The van der Waals surface area contributed by atoms with Gasteiger partial charge in [0.15, 0.2) is 0 Å². The standard InChI is InChI=1S/C12H12ClNOS/c1-9-8-16-12(14-9)7-15-11-4-2-3-10(5-11)6-13/h2-5,8H,6-7H2,1H3. The Kier molecular flexibility index (Phi) is 3.80. The molecule has 16 heavy (non-hydrogen) atoms. The van der Waals surface area contributed by atoms with Gasteiger partial charge in [-0.3, -0.25) is 0 Å². The first-order chi connectivity index (χ1) is 7.78. The summed E-state index contributed by atoms with van der Waals surface area (Å²) in [4.78, 5) is 4.34. The van der Waals surface area contributed by atoms with E-state index in [9.17, 15) is 0 Å². The Balaban J connectivity index is 1.99. The van der Waals surface area contributed by atoms with Crippen LogP contribution >= 0.6 is 22.9 Å². The first kappa shape index (κ1) is 11.4. The van der Waals surface area contributed by atoms with E-state index in [0.29, 0.717) is 12.5 Å². The average molecular weight is 254 g/mol. The van der Waals surface area contributed by atoms with E-state index in [1.807, 2.05) is 36.6 Å². The first-order valence-corrected chi connectivity index (χ1v) is 6.38. The molecule has 0 unspecified atom stereocenters. The molecule has 84 valence electrons. The van der Waals surface area contributed by atoms with Crippen LogP contribution in [0.25, 0.3) is 0 Å². The number of aryl methyl sites for hydroxylation is 1. The van der Waals surface area contributed by atoms with Crippen molar-refractivity contribution < 1.29 is 4.74 Å². The number of benzene rings is 1. The largest absolute Gasteiger partial charge is 0.486 e. The third-order valence-corrected chi connectivity index (χ3v) is 3.33. The lowest BCUT2D eigenvalue weighted by molar-refractivity contribution is 0.305. The fraction of sp³-hybridized carbons (Fsp3) is 0.250. The third kappa shape index (κ3) is 2.97. The van der Waals surface area contributed by atoms with Crippen molar-refractivity contribution in [3.05, 3.63) is 45.9 Å². The molecule has 0 spiro atoms. The van der Waals surface area contributed by atoms with Crippen molar-refractivity contribution in [2.75, 3.05) is 0 Å². The Labute approximate surface area is 104 Å². The van der Waals surface area contributed by atoms with E-state index in [-0.39, 0.29) is 0 Å². The van der Waals surface area contributed by atoms with Crippen LogP contribution in [0, 0.1) is 6.92 Å². The minimum absolute atomic E-state index is 0.508. The smallest absolute Gasteiger partial charge is 0.140 e. The van der Waals surface area contributed by atoms with E-state index in [4.69, 9.17) is 16.3 Å². The van der Waals surface area contributed by atoms with Gasteiger partial charge in [0.05, 0.1) is 0 Å². The topological polar surface area (TPSA) is 22.1 Å². The van der Waals surface area contributed by atoms with Gasteiger partial charge in [-0.05, 0) is 24.6 Å². The number of rotatable bonds is 4. The zero-order chi connectivity index (χ0) is 11.4. The third-order valence-electron chi connectivity index (χ3n) is 2.08. The van der Waals surface area contributed by atoms with E-state index in [1.54, 1.807) is 11.3 Å². The molecule has 1 heterocycles. The molecule has 2 nitrogen and oxygen atoms in total. The highest BCUT2D eigenvalue weighted by atomic mass is 35.5. The van der Waals surface area contributed by atoms with Crippen molar-refractivity contribution in [1.82, 2.24) is 4.98 Å². The zero-order valence-electron chi connectivity index (χ0n) is 8.94. The van der Waals surface area contributed by atoms with Crippen LogP contribution in [0.3, 0.4) is 0 Å².